The predicted octanol–water partition coefficient (Wildman–Crippen LogP) is 4.11. The van der Waals surface area contributed by atoms with Crippen LogP contribution in [0.15, 0.2) is 28.9 Å². The molecule has 2 aromatic heterocycles. The molecule has 0 radical (unpaired) electrons. The number of carbonyl (C=O) groups excluding carboxylic acids is 1. The van der Waals surface area contributed by atoms with E-state index in [1.807, 2.05) is 0 Å². The second kappa shape index (κ2) is 10.9. The fourth-order valence-corrected chi connectivity index (χ4v) is 6.13. The molecule has 0 spiro atoms. The number of phenols is 1. The van der Waals surface area contributed by atoms with Crippen LogP contribution in [0.4, 0.5) is 19.1 Å². The summed E-state index contributed by atoms with van der Waals surface area (Å²) >= 11 is 0. The smallest absolute Gasteiger partial charge is 0.254 e. The van der Waals surface area contributed by atoms with Crippen LogP contribution in [-0.4, -0.2) is 58.7 Å². The summed E-state index contributed by atoms with van der Waals surface area (Å²) in [7, 11) is 0. The average molecular weight is 579 g/mol. The van der Waals surface area contributed by atoms with Gasteiger partial charge in [0.1, 0.15) is 11.5 Å². The molecule has 2 bridgehead atoms. The van der Waals surface area contributed by atoms with E-state index in [1.165, 1.54) is 0 Å². The third-order valence-corrected chi connectivity index (χ3v) is 8.69. The summed E-state index contributed by atoms with van der Waals surface area (Å²) < 4.78 is 47.8. The molecule has 4 fully saturated rings. The van der Waals surface area contributed by atoms with Crippen LogP contribution >= 0.6 is 12.4 Å². The maximum atomic E-state index is 14.1. The minimum Gasteiger partial charge on any atom is -0.503 e. The van der Waals surface area contributed by atoms with Crippen molar-refractivity contribution in [2.75, 3.05) is 37.6 Å². The largest absolute Gasteiger partial charge is 0.503 e. The van der Waals surface area contributed by atoms with E-state index in [2.05, 4.69) is 30.5 Å². The summed E-state index contributed by atoms with van der Waals surface area (Å²) in [5.74, 6) is -5.12. The zero-order valence-electron chi connectivity index (χ0n) is 21.7. The van der Waals surface area contributed by atoms with Crippen LogP contribution < -0.4 is 15.5 Å². The highest BCUT2D eigenvalue weighted by atomic mass is 35.5. The Hall–Kier alpha value is -3.38. The first-order chi connectivity index (χ1) is 18.8. The molecular weight excluding hydrogens is 549 g/mol. The molecule has 9 nitrogen and oxygen atoms in total. The van der Waals surface area contributed by atoms with Crippen molar-refractivity contribution in [2.24, 2.45) is 5.41 Å². The Morgan fingerprint density at radius 3 is 2.48 bits per heavy atom. The first-order valence-electron chi connectivity index (χ1n) is 13.2. The number of oxazole rings is 1. The number of aromatic hydroxyl groups is 1. The van der Waals surface area contributed by atoms with Crippen LogP contribution in [0.5, 0.6) is 5.75 Å². The molecule has 1 saturated heterocycles. The van der Waals surface area contributed by atoms with Gasteiger partial charge in [0.15, 0.2) is 17.4 Å². The number of nitrogens with one attached hydrogen (secondary N) is 2. The number of phenolic OH excluding ortho intramolecular Hbond substituents is 1. The molecule has 40 heavy (non-hydrogen) atoms. The van der Waals surface area contributed by atoms with Gasteiger partial charge < -0.3 is 25.1 Å². The third kappa shape index (κ3) is 4.98. The van der Waals surface area contributed by atoms with Crippen LogP contribution in [0.3, 0.4) is 0 Å². The van der Waals surface area contributed by atoms with Crippen LogP contribution in [0, 0.1) is 22.9 Å². The predicted molar refractivity (Wildman–Crippen MR) is 142 cm³/mol. The van der Waals surface area contributed by atoms with E-state index in [1.54, 1.807) is 18.5 Å². The highest BCUT2D eigenvalue weighted by molar-refractivity contribution is 5.94. The topological polar surface area (TPSA) is 116 Å². The monoisotopic (exact) mass is 578 g/mol. The van der Waals surface area contributed by atoms with E-state index in [4.69, 9.17) is 4.42 Å². The van der Waals surface area contributed by atoms with Crippen molar-refractivity contribution >= 4 is 24.3 Å². The van der Waals surface area contributed by atoms with Crippen molar-refractivity contribution in [3.63, 3.8) is 0 Å². The summed E-state index contributed by atoms with van der Waals surface area (Å²) in [6.07, 6.45) is 8.45. The number of anilines is 1. The summed E-state index contributed by atoms with van der Waals surface area (Å²) in [6, 6.07) is 2.31. The molecule has 13 heteroatoms. The number of halogens is 4. The lowest BCUT2D eigenvalue weighted by atomic mass is 9.53. The molecule has 4 aliphatic rings. The van der Waals surface area contributed by atoms with Gasteiger partial charge in [0.25, 0.3) is 5.91 Å². The highest BCUT2D eigenvalue weighted by Gasteiger charge is 2.51. The Bertz CT molecular complexity index is 1390. The lowest BCUT2D eigenvalue weighted by Crippen LogP contribution is -2.49. The average Bonchev–Trinajstić information content (AvgIpc) is 3.50. The molecule has 1 aliphatic heterocycles. The molecule has 1 amide bonds. The van der Waals surface area contributed by atoms with E-state index in [0.717, 1.165) is 70.5 Å². The Morgan fingerprint density at radius 1 is 1.07 bits per heavy atom. The van der Waals surface area contributed by atoms with Gasteiger partial charge in [-0.15, -0.1) is 12.4 Å². The van der Waals surface area contributed by atoms with Crippen LogP contribution in [-0.2, 0) is 5.41 Å². The summed E-state index contributed by atoms with van der Waals surface area (Å²) in [5.41, 5.74) is -0.463. The highest BCUT2D eigenvalue weighted by Crippen LogP contribution is 2.57. The van der Waals surface area contributed by atoms with Gasteiger partial charge in [0.2, 0.25) is 17.7 Å². The molecule has 3 N–H and O–H groups in total. The molecule has 3 heterocycles. The maximum Gasteiger partial charge on any atom is 0.254 e. The zero-order chi connectivity index (χ0) is 27.2. The van der Waals surface area contributed by atoms with Crippen molar-refractivity contribution in [3.05, 3.63) is 53.3 Å². The molecule has 3 saturated carbocycles. The first kappa shape index (κ1) is 28.2. The number of carbonyl (C=O) groups is 1. The third-order valence-electron chi connectivity index (χ3n) is 8.69. The lowest BCUT2D eigenvalue weighted by molar-refractivity contribution is 0.0286. The van der Waals surface area contributed by atoms with Gasteiger partial charge in [-0.2, -0.15) is 4.39 Å². The number of hydrogen-bond donors (Lipinski definition) is 3. The second-order valence-corrected chi connectivity index (χ2v) is 10.9. The van der Waals surface area contributed by atoms with Crippen molar-refractivity contribution in [3.8, 4) is 17.3 Å². The van der Waals surface area contributed by atoms with Gasteiger partial charge in [-0.05, 0) is 56.1 Å². The minimum atomic E-state index is -1.77. The Kier molecular flexibility index (Phi) is 7.66. The first-order valence-corrected chi connectivity index (χ1v) is 13.2. The second-order valence-electron chi connectivity index (χ2n) is 10.9. The molecule has 0 atom stereocenters. The van der Waals surface area contributed by atoms with Crippen LogP contribution in [0.1, 0.15) is 54.6 Å². The number of nitrogens with zero attached hydrogens (tertiary/aromatic N) is 4. The quantitative estimate of drug-likeness (QED) is 0.374. The van der Waals surface area contributed by atoms with Gasteiger partial charge in [0.05, 0.1) is 11.8 Å². The number of piperazine rings is 1. The molecule has 3 aliphatic carbocycles. The molecule has 3 aromatic rings. The number of rotatable bonds is 6. The number of amides is 1. The van der Waals surface area contributed by atoms with Crippen molar-refractivity contribution in [2.45, 2.75) is 43.9 Å². The van der Waals surface area contributed by atoms with Crippen LogP contribution in [0.2, 0.25) is 0 Å². The normalized spacial score (nSPS) is 24.0. The number of aromatic nitrogens is 3. The standard InChI is InChI=1S/C27H29F3N6O3.ClH/c28-17-13-16(20(29)21(30)22(17)37)23(38)34-15-26-2-5-27(6-3-26,7-4-26)19-14-33-24(39-19)18-1-8-32-25(35-18)36-11-9-31-10-12-36;/h1,8,13-14,31,37H,2-7,9-12,15H2,(H,34,38);1H. The molecule has 214 valence electrons. The minimum absolute atomic E-state index is 0. The van der Waals surface area contributed by atoms with Gasteiger partial charge >= 0.3 is 0 Å². The number of benzene rings is 1. The maximum absolute atomic E-state index is 14.1. The fraction of sp³-hybridized carbons (Fsp3) is 0.481. The van der Waals surface area contributed by atoms with E-state index in [-0.39, 0.29) is 29.8 Å². The van der Waals surface area contributed by atoms with E-state index < -0.39 is 34.7 Å². The zero-order valence-corrected chi connectivity index (χ0v) is 22.5. The van der Waals surface area contributed by atoms with E-state index in [9.17, 15) is 23.1 Å². The fourth-order valence-electron chi connectivity index (χ4n) is 6.13. The molecule has 7 rings (SSSR count). The molecule has 0 unspecified atom stereocenters. The summed E-state index contributed by atoms with van der Waals surface area (Å²) in [4.78, 5) is 28.3. The summed E-state index contributed by atoms with van der Waals surface area (Å²) in [6.45, 7) is 3.71. The van der Waals surface area contributed by atoms with E-state index in [0.29, 0.717) is 23.6 Å². The lowest BCUT2D eigenvalue weighted by Gasteiger charge is -2.52. The molecule has 1 aromatic carbocycles. The Morgan fingerprint density at radius 2 is 1.77 bits per heavy atom. The van der Waals surface area contributed by atoms with E-state index >= 15 is 0 Å². The van der Waals surface area contributed by atoms with Crippen molar-refractivity contribution in [1.82, 2.24) is 25.6 Å². The Balaban J connectivity index is 0.00000323. The number of fused-ring (bicyclic) bond motifs is 3. The molecular formula is C27H30ClF3N6O3. The SMILES string of the molecule is Cl.O=C(NCC12CCC(c3cnc(-c4ccnc(N5CCNCC5)n4)o3)(CC1)CC2)c1cc(F)c(O)c(F)c1F. The van der Waals surface area contributed by atoms with Gasteiger partial charge in [-0.25, -0.2) is 23.7 Å². The van der Waals surface area contributed by atoms with Gasteiger partial charge in [-0.3, -0.25) is 4.79 Å². The summed E-state index contributed by atoms with van der Waals surface area (Å²) in [5, 5.41) is 15.2. The van der Waals surface area contributed by atoms with Crippen molar-refractivity contribution in [1.29, 1.82) is 0 Å². The number of hydrogen-bond acceptors (Lipinski definition) is 8. The van der Waals surface area contributed by atoms with Gasteiger partial charge in [-0.1, -0.05) is 0 Å². The Labute approximate surface area is 235 Å². The van der Waals surface area contributed by atoms with Gasteiger partial charge in [0, 0.05) is 44.3 Å². The van der Waals surface area contributed by atoms with Crippen LogP contribution in [0.25, 0.3) is 11.6 Å². The van der Waals surface area contributed by atoms with Crippen molar-refractivity contribution < 1.29 is 27.5 Å².